The van der Waals surface area contributed by atoms with Crippen molar-refractivity contribution >= 4 is 0 Å². The normalized spacial score (nSPS) is 10.7. The molecule has 18 heavy (non-hydrogen) atoms. The highest BCUT2D eigenvalue weighted by molar-refractivity contribution is 5.40. The van der Waals surface area contributed by atoms with E-state index in [1.807, 2.05) is 18.2 Å². The first-order valence-electron chi connectivity index (χ1n) is 6.21. The Hall–Kier alpha value is -1.26. The van der Waals surface area contributed by atoms with Gasteiger partial charge in [-0.15, -0.1) is 0 Å². The van der Waals surface area contributed by atoms with Gasteiger partial charge in [-0.3, -0.25) is 0 Å². The molecule has 0 saturated carbocycles. The highest BCUT2D eigenvalue weighted by Gasteiger charge is 2.06. The first-order chi connectivity index (χ1) is 8.71. The second-order valence-corrected chi connectivity index (χ2v) is 4.31. The summed E-state index contributed by atoms with van der Waals surface area (Å²) in [5, 5.41) is 8.78. The molecule has 0 bridgehead atoms. The van der Waals surface area contributed by atoms with Crippen molar-refractivity contribution in [2.45, 2.75) is 12.8 Å². The summed E-state index contributed by atoms with van der Waals surface area (Å²) in [6.07, 6.45) is 1.74. The fourth-order valence-corrected chi connectivity index (χ4v) is 1.82. The summed E-state index contributed by atoms with van der Waals surface area (Å²) < 4.78 is 10.5. The SMILES string of the molecule is COc1ccc(CCN(C)CCCO)c(OC)c1. The first-order valence-corrected chi connectivity index (χ1v) is 6.21. The van der Waals surface area contributed by atoms with Gasteiger partial charge in [-0.05, 0) is 31.5 Å². The summed E-state index contributed by atoms with van der Waals surface area (Å²) in [7, 11) is 5.39. The number of rotatable bonds is 8. The van der Waals surface area contributed by atoms with Crippen molar-refractivity contribution in [1.29, 1.82) is 0 Å². The Morgan fingerprint density at radius 1 is 1.17 bits per heavy atom. The largest absolute Gasteiger partial charge is 0.497 e. The monoisotopic (exact) mass is 253 g/mol. The summed E-state index contributed by atoms with van der Waals surface area (Å²) in [5.41, 5.74) is 1.18. The number of aliphatic hydroxyl groups excluding tert-OH is 1. The molecular formula is C14H23NO3. The third-order valence-corrected chi connectivity index (χ3v) is 2.96. The van der Waals surface area contributed by atoms with Crippen molar-refractivity contribution in [3.05, 3.63) is 23.8 Å². The number of nitrogens with zero attached hydrogens (tertiary/aromatic N) is 1. The number of likely N-dealkylation sites (N-methyl/N-ethyl adjacent to an activating group) is 1. The smallest absolute Gasteiger partial charge is 0.125 e. The Balaban J connectivity index is 2.55. The number of hydrogen-bond acceptors (Lipinski definition) is 4. The number of methoxy groups -OCH3 is 2. The summed E-state index contributed by atoms with van der Waals surface area (Å²) in [5.74, 6) is 1.68. The van der Waals surface area contributed by atoms with Crippen molar-refractivity contribution in [1.82, 2.24) is 4.90 Å². The minimum absolute atomic E-state index is 0.246. The minimum atomic E-state index is 0.246. The Bertz CT molecular complexity index is 355. The highest BCUT2D eigenvalue weighted by Crippen LogP contribution is 2.24. The van der Waals surface area contributed by atoms with Gasteiger partial charge in [0.1, 0.15) is 11.5 Å². The molecule has 0 unspecified atom stereocenters. The third kappa shape index (κ3) is 4.55. The van der Waals surface area contributed by atoms with Crippen LogP contribution in [0, 0.1) is 0 Å². The van der Waals surface area contributed by atoms with Crippen LogP contribution in [-0.4, -0.2) is 51.0 Å². The van der Waals surface area contributed by atoms with Crippen molar-refractivity contribution in [3.8, 4) is 11.5 Å². The van der Waals surface area contributed by atoms with Gasteiger partial charge in [0, 0.05) is 25.8 Å². The molecule has 1 aromatic carbocycles. The van der Waals surface area contributed by atoms with Crippen LogP contribution in [0.1, 0.15) is 12.0 Å². The molecular weight excluding hydrogens is 230 g/mol. The van der Waals surface area contributed by atoms with Crippen LogP contribution in [0.15, 0.2) is 18.2 Å². The summed E-state index contributed by atoms with van der Waals surface area (Å²) in [6.45, 7) is 2.11. The molecule has 0 aliphatic heterocycles. The van der Waals surface area contributed by atoms with Crippen LogP contribution >= 0.6 is 0 Å². The molecule has 0 amide bonds. The van der Waals surface area contributed by atoms with E-state index in [-0.39, 0.29) is 6.61 Å². The molecule has 4 nitrogen and oxygen atoms in total. The van der Waals surface area contributed by atoms with Crippen molar-refractivity contribution in [2.75, 3.05) is 41.0 Å². The van der Waals surface area contributed by atoms with Gasteiger partial charge in [-0.25, -0.2) is 0 Å². The zero-order valence-corrected chi connectivity index (χ0v) is 11.5. The van der Waals surface area contributed by atoms with E-state index in [0.717, 1.165) is 37.4 Å². The molecule has 0 spiro atoms. The van der Waals surface area contributed by atoms with Gasteiger partial charge >= 0.3 is 0 Å². The zero-order chi connectivity index (χ0) is 13.4. The van der Waals surface area contributed by atoms with Gasteiger partial charge in [-0.2, -0.15) is 0 Å². The van der Waals surface area contributed by atoms with Crippen LogP contribution in [0.4, 0.5) is 0 Å². The highest BCUT2D eigenvalue weighted by atomic mass is 16.5. The molecule has 1 rings (SSSR count). The molecule has 4 heteroatoms. The van der Waals surface area contributed by atoms with E-state index in [2.05, 4.69) is 11.9 Å². The quantitative estimate of drug-likeness (QED) is 0.763. The second kappa shape index (κ2) is 7.95. The van der Waals surface area contributed by atoms with Gasteiger partial charge in [0.25, 0.3) is 0 Å². The Morgan fingerprint density at radius 2 is 1.94 bits per heavy atom. The molecule has 0 aliphatic carbocycles. The van der Waals surface area contributed by atoms with E-state index in [9.17, 15) is 0 Å². The van der Waals surface area contributed by atoms with Gasteiger partial charge in [-0.1, -0.05) is 6.07 Å². The number of ether oxygens (including phenoxy) is 2. The van der Waals surface area contributed by atoms with Gasteiger partial charge < -0.3 is 19.5 Å². The lowest BCUT2D eigenvalue weighted by molar-refractivity contribution is 0.248. The number of aliphatic hydroxyl groups is 1. The fourth-order valence-electron chi connectivity index (χ4n) is 1.82. The van der Waals surface area contributed by atoms with Crippen LogP contribution < -0.4 is 9.47 Å². The lowest BCUT2D eigenvalue weighted by atomic mass is 10.1. The number of hydrogen-bond donors (Lipinski definition) is 1. The molecule has 0 atom stereocenters. The average molecular weight is 253 g/mol. The Labute approximate surface area is 109 Å². The zero-order valence-electron chi connectivity index (χ0n) is 11.5. The van der Waals surface area contributed by atoms with E-state index in [1.165, 1.54) is 5.56 Å². The van der Waals surface area contributed by atoms with Gasteiger partial charge in [0.2, 0.25) is 0 Å². The predicted molar refractivity (Wildman–Crippen MR) is 72.4 cm³/mol. The molecule has 0 fully saturated rings. The fraction of sp³-hybridized carbons (Fsp3) is 0.571. The van der Waals surface area contributed by atoms with Crippen molar-refractivity contribution < 1.29 is 14.6 Å². The van der Waals surface area contributed by atoms with Gasteiger partial charge in [0.15, 0.2) is 0 Å². The van der Waals surface area contributed by atoms with E-state index < -0.39 is 0 Å². The third-order valence-electron chi connectivity index (χ3n) is 2.96. The predicted octanol–water partition coefficient (Wildman–Crippen LogP) is 1.56. The Kier molecular flexibility index (Phi) is 6.54. The molecule has 102 valence electrons. The topological polar surface area (TPSA) is 41.9 Å². The van der Waals surface area contributed by atoms with E-state index in [1.54, 1.807) is 14.2 Å². The molecule has 0 heterocycles. The van der Waals surface area contributed by atoms with Crippen LogP contribution in [-0.2, 0) is 6.42 Å². The molecule has 1 aromatic rings. The molecule has 1 N–H and O–H groups in total. The standard InChI is InChI=1S/C14H23NO3/c1-15(8-4-10-16)9-7-12-5-6-13(17-2)11-14(12)18-3/h5-6,11,16H,4,7-10H2,1-3H3. The number of benzene rings is 1. The van der Waals surface area contributed by atoms with Crippen LogP contribution in [0.25, 0.3) is 0 Å². The lowest BCUT2D eigenvalue weighted by Gasteiger charge is -2.17. The van der Waals surface area contributed by atoms with Crippen molar-refractivity contribution in [3.63, 3.8) is 0 Å². The first kappa shape index (κ1) is 14.8. The van der Waals surface area contributed by atoms with E-state index in [0.29, 0.717) is 0 Å². The van der Waals surface area contributed by atoms with Crippen LogP contribution in [0.2, 0.25) is 0 Å². The summed E-state index contributed by atoms with van der Waals surface area (Å²) in [4.78, 5) is 2.21. The van der Waals surface area contributed by atoms with Crippen molar-refractivity contribution in [2.24, 2.45) is 0 Å². The Morgan fingerprint density at radius 3 is 2.56 bits per heavy atom. The van der Waals surface area contributed by atoms with Crippen LogP contribution in [0.3, 0.4) is 0 Å². The maximum Gasteiger partial charge on any atom is 0.125 e. The second-order valence-electron chi connectivity index (χ2n) is 4.31. The van der Waals surface area contributed by atoms with E-state index >= 15 is 0 Å². The lowest BCUT2D eigenvalue weighted by Crippen LogP contribution is -2.23. The van der Waals surface area contributed by atoms with E-state index in [4.69, 9.17) is 14.6 Å². The summed E-state index contributed by atoms with van der Waals surface area (Å²) in [6, 6.07) is 5.90. The maximum atomic E-state index is 8.78. The summed E-state index contributed by atoms with van der Waals surface area (Å²) >= 11 is 0. The maximum absolute atomic E-state index is 8.78. The molecule has 0 aliphatic rings. The molecule has 0 radical (unpaired) electrons. The van der Waals surface area contributed by atoms with Gasteiger partial charge in [0.05, 0.1) is 14.2 Å². The minimum Gasteiger partial charge on any atom is -0.497 e. The average Bonchev–Trinajstić information content (AvgIpc) is 2.42. The molecule has 0 saturated heterocycles. The molecule has 0 aromatic heterocycles. The van der Waals surface area contributed by atoms with Crippen LogP contribution in [0.5, 0.6) is 11.5 Å².